The summed E-state index contributed by atoms with van der Waals surface area (Å²) in [5.41, 5.74) is 0.583. The molecule has 3 rings (SSSR count). The number of ether oxygens (including phenoxy) is 1. The molecule has 2 aromatic rings. The number of sulfonamides is 1. The number of hydrogen-bond acceptors (Lipinski definition) is 5. The molecule has 1 aromatic heterocycles. The molecule has 1 aliphatic heterocycles. The van der Waals surface area contributed by atoms with Crippen LogP contribution in [0.15, 0.2) is 23.0 Å². The number of carbonyl (C=O) groups excluding carboxylic acids is 1. The molecular weight excluding hydrogens is 372 g/mol. The van der Waals surface area contributed by atoms with E-state index in [9.17, 15) is 18.0 Å². The summed E-state index contributed by atoms with van der Waals surface area (Å²) >= 11 is 0. The zero-order valence-corrected chi connectivity index (χ0v) is 16.4. The van der Waals surface area contributed by atoms with Gasteiger partial charge in [-0.25, -0.2) is 18.0 Å². The molecule has 0 radical (unpaired) electrons. The summed E-state index contributed by atoms with van der Waals surface area (Å²) in [5.74, 6) is 0. The number of likely N-dealkylation sites (tertiary alicyclic amines) is 1. The third-order valence-electron chi connectivity index (χ3n) is 4.31. The maximum Gasteiger partial charge on any atom is 0.410 e. The summed E-state index contributed by atoms with van der Waals surface area (Å²) in [4.78, 5) is 30.1. The highest BCUT2D eigenvalue weighted by Crippen LogP contribution is 2.23. The summed E-state index contributed by atoms with van der Waals surface area (Å²) in [5, 5.41) is -0.600. The second-order valence-electron chi connectivity index (χ2n) is 7.65. The first kappa shape index (κ1) is 19.3. The zero-order valence-electron chi connectivity index (χ0n) is 15.5. The molecule has 0 atom stereocenters. The molecule has 1 aromatic carbocycles. The number of anilines is 1. The van der Waals surface area contributed by atoms with Crippen molar-refractivity contribution in [1.29, 1.82) is 0 Å². The first-order valence-electron chi connectivity index (χ1n) is 8.75. The van der Waals surface area contributed by atoms with E-state index in [1.165, 1.54) is 4.90 Å². The minimum Gasteiger partial charge on any atom is -0.444 e. The number of nitrogens with zero attached hydrogens (tertiary/aromatic N) is 1. The molecule has 0 unspecified atom stereocenters. The number of H-pyrrole nitrogens is 2. The summed E-state index contributed by atoms with van der Waals surface area (Å²) in [6.07, 6.45) is 0.239. The fourth-order valence-corrected chi connectivity index (χ4v) is 4.47. The molecule has 1 fully saturated rings. The van der Waals surface area contributed by atoms with Crippen LogP contribution >= 0.6 is 0 Å². The molecule has 2 heterocycles. The molecule has 0 bridgehead atoms. The van der Waals surface area contributed by atoms with E-state index in [1.807, 2.05) is 0 Å². The van der Waals surface area contributed by atoms with Crippen LogP contribution in [0.5, 0.6) is 0 Å². The first-order valence-corrected chi connectivity index (χ1v) is 10.3. The van der Waals surface area contributed by atoms with Crippen LogP contribution in [0.25, 0.3) is 11.0 Å². The normalized spacial score (nSPS) is 16.5. The number of nitrogens with one attached hydrogen (secondary N) is 3. The zero-order chi connectivity index (χ0) is 19.8. The molecule has 148 valence electrons. The van der Waals surface area contributed by atoms with Gasteiger partial charge in [-0.05, 0) is 51.8 Å². The lowest BCUT2D eigenvalue weighted by atomic mass is 10.1. The van der Waals surface area contributed by atoms with Gasteiger partial charge in [0.1, 0.15) is 5.60 Å². The lowest BCUT2D eigenvalue weighted by Crippen LogP contribution is -2.45. The smallest absolute Gasteiger partial charge is 0.410 e. The molecule has 3 N–H and O–H groups in total. The summed E-state index contributed by atoms with van der Waals surface area (Å²) < 4.78 is 33.3. The number of imidazole rings is 1. The van der Waals surface area contributed by atoms with E-state index in [0.29, 0.717) is 42.7 Å². The molecule has 27 heavy (non-hydrogen) atoms. The molecule has 9 nitrogen and oxygen atoms in total. The van der Waals surface area contributed by atoms with Gasteiger partial charge in [-0.2, -0.15) is 0 Å². The molecular formula is C17H24N4O5S. The van der Waals surface area contributed by atoms with Crippen molar-refractivity contribution in [1.82, 2.24) is 14.9 Å². The van der Waals surface area contributed by atoms with E-state index >= 15 is 0 Å². The molecule has 1 amide bonds. The fraction of sp³-hybridized carbons (Fsp3) is 0.529. The Hall–Kier alpha value is -2.49. The van der Waals surface area contributed by atoms with Gasteiger partial charge in [-0.15, -0.1) is 0 Å². The number of aromatic amines is 2. The Morgan fingerprint density at radius 3 is 2.44 bits per heavy atom. The number of aromatic nitrogens is 2. The quantitative estimate of drug-likeness (QED) is 0.732. The van der Waals surface area contributed by atoms with Gasteiger partial charge in [-0.3, -0.25) is 4.72 Å². The number of benzene rings is 1. The fourth-order valence-electron chi connectivity index (χ4n) is 3.02. The average Bonchev–Trinajstić information content (AvgIpc) is 2.92. The Labute approximate surface area is 157 Å². The Balaban J connectivity index is 1.64. The maximum absolute atomic E-state index is 12.7. The highest BCUT2D eigenvalue weighted by Gasteiger charge is 2.33. The largest absolute Gasteiger partial charge is 0.444 e. The Morgan fingerprint density at radius 2 is 1.81 bits per heavy atom. The van der Waals surface area contributed by atoms with Crippen LogP contribution in [-0.2, 0) is 14.8 Å². The van der Waals surface area contributed by atoms with Crippen molar-refractivity contribution in [3.05, 3.63) is 28.7 Å². The predicted octanol–water partition coefficient (Wildman–Crippen LogP) is 2.00. The van der Waals surface area contributed by atoms with Gasteiger partial charge in [0.05, 0.1) is 22.0 Å². The van der Waals surface area contributed by atoms with E-state index in [-0.39, 0.29) is 5.69 Å². The van der Waals surface area contributed by atoms with Crippen molar-refractivity contribution in [2.24, 2.45) is 0 Å². The third kappa shape index (κ3) is 4.62. The van der Waals surface area contributed by atoms with E-state index < -0.39 is 27.0 Å². The number of hydrogen-bond donors (Lipinski definition) is 3. The number of fused-ring (bicyclic) bond motifs is 1. The minimum atomic E-state index is -3.61. The summed E-state index contributed by atoms with van der Waals surface area (Å²) in [6.45, 7) is 6.02. The van der Waals surface area contributed by atoms with E-state index in [4.69, 9.17) is 4.74 Å². The van der Waals surface area contributed by atoms with Crippen molar-refractivity contribution < 1.29 is 17.9 Å². The second kappa shape index (κ2) is 6.91. The van der Waals surface area contributed by atoms with Crippen molar-refractivity contribution in [3.8, 4) is 0 Å². The van der Waals surface area contributed by atoms with Crippen LogP contribution in [0.3, 0.4) is 0 Å². The van der Waals surface area contributed by atoms with Crippen LogP contribution in [0.2, 0.25) is 0 Å². The molecule has 1 aliphatic rings. The van der Waals surface area contributed by atoms with Gasteiger partial charge in [-0.1, -0.05) is 0 Å². The average molecular weight is 396 g/mol. The van der Waals surface area contributed by atoms with E-state index in [0.717, 1.165) is 0 Å². The second-order valence-corrected chi connectivity index (χ2v) is 9.61. The van der Waals surface area contributed by atoms with Gasteiger partial charge < -0.3 is 19.6 Å². The Morgan fingerprint density at radius 1 is 1.19 bits per heavy atom. The van der Waals surface area contributed by atoms with Crippen LogP contribution in [0.1, 0.15) is 33.6 Å². The molecule has 1 saturated heterocycles. The molecule has 10 heteroatoms. The number of piperidine rings is 1. The Bertz CT molecular complexity index is 994. The predicted molar refractivity (Wildman–Crippen MR) is 102 cm³/mol. The van der Waals surface area contributed by atoms with Crippen molar-refractivity contribution in [3.63, 3.8) is 0 Å². The van der Waals surface area contributed by atoms with E-state index in [2.05, 4.69) is 14.7 Å². The van der Waals surface area contributed by atoms with Crippen molar-refractivity contribution >= 4 is 32.8 Å². The Kier molecular flexibility index (Phi) is 4.94. The lowest BCUT2D eigenvalue weighted by Gasteiger charge is -2.33. The number of carbonyl (C=O) groups is 1. The monoisotopic (exact) mass is 396 g/mol. The van der Waals surface area contributed by atoms with Crippen LogP contribution in [-0.4, -0.2) is 53.3 Å². The van der Waals surface area contributed by atoms with Crippen LogP contribution in [0.4, 0.5) is 10.5 Å². The maximum atomic E-state index is 12.7. The highest BCUT2D eigenvalue weighted by atomic mass is 32.2. The van der Waals surface area contributed by atoms with Crippen molar-refractivity contribution in [2.75, 3.05) is 17.8 Å². The van der Waals surface area contributed by atoms with E-state index in [1.54, 1.807) is 39.0 Å². The van der Waals surface area contributed by atoms with Gasteiger partial charge in [0.25, 0.3) is 0 Å². The topological polar surface area (TPSA) is 124 Å². The van der Waals surface area contributed by atoms with Crippen LogP contribution in [0, 0.1) is 0 Å². The van der Waals surface area contributed by atoms with Gasteiger partial charge in [0.15, 0.2) is 0 Å². The van der Waals surface area contributed by atoms with Crippen molar-refractivity contribution in [2.45, 2.75) is 44.5 Å². The first-order chi connectivity index (χ1) is 12.5. The van der Waals surface area contributed by atoms with Gasteiger partial charge >= 0.3 is 11.8 Å². The highest BCUT2D eigenvalue weighted by molar-refractivity contribution is 7.93. The van der Waals surface area contributed by atoms with Gasteiger partial charge in [0.2, 0.25) is 10.0 Å². The summed E-state index contributed by atoms with van der Waals surface area (Å²) in [7, 11) is -3.61. The van der Waals surface area contributed by atoms with Gasteiger partial charge in [0, 0.05) is 13.1 Å². The molecule has 0 aliphatic carbocycles. The number of amides is 1. The molecule has 0 spiro atoms. The third-order valence-corrected chi connectivity index (χ3v) is 6.18. The van der Waals surface area contributed by atoms with Crippen LogP contribution < -0.4 is 10.4 Å². The lowest BCUT2D eigenvalue weighted by molar-refractivity contribution is 0.0217. The minimum absolute atomic E-state index is 0.324. The molecule has 0 saturated carbocycles. The SMILES string of the molecule is CC(C)(C)OC(=O)N1CCC(S(=O)(=O)Nc2ccc3[nH]c(=O)[nH]c3c2)CC1. The number of rotatable bonds is 3. The summed E-state index contributed by atoms with van der Waals surface area (Å²) in [6, 6.07) is 4.80. The standard InChI is InChI=1S/C17H24N4O5S/c1-17(2,3)26-16(23)21-8-6-12(7-9-21)27(24,25)20-11-4-5-13-14(10-11)19-15(22)18-13/h4-5,10,12,20H,6-9H2,1-3H3,(H2,18,19,22).